The van der Waals surface area contributed by atoms with Crippen molar-refractivity contribution in [3.8, 4) is 0 Å². The summed E-state index contributed by atoms with van der Waals surface area (Å²) in [5, 5.41) is 10.2. The fourth-order valence-electron chi connectivity index (χ4n) is 2.12. The summed E-state index contributed by atoms with van der Waals surface area (Å²) in [5.74, 6) is 0.112. The highest BCUT2D eigenvalue weighted by molar-refractivity contribution is 5.44. The zero-order valence-corrected chi connectivity index (χ0v) is 11.4. The van der Waals surface area contributed by atoms with Crippen LogP contribution in [0.3, 0.4) is 0 Å². The van der Waals surface area contributed by atoms with E-state index in [4.69, 9.17) is 4.74 Å². The summed E-state index contributed by atoms with van der Waals surface area (Å²) < 4.78 is 5.59. The van der Waals surface area contributed by atoms with Crippen LogP contribution in [0.25, 0.3) is 0 Å². The highest BCUT2D eigenvalue weighted by Gasteiger charge is 2.30. The van der Waals surface area contributed by atoms with Gasteiger partial charge in [-0.3, -0.25) is 4.98 Å². The van der Waals surface area contributed by atoms with Crippen molar-refractivity contribution in [2.75, 3.05) is 31.2 Å². The van der Waals surface area contributed by atoms with Crippen LogP contribution in [0.5, 0.6) is 0 Å². The predicted octanol–water partition coefficient (Wildman–Crippen LogP) is 1.61. The lowest BCUT2D eigenvalue weighted by atomic mass is 9.91. The Bertz CT molecular complexity index is 384. The quantitative estimate of drug-likeness (QED) is 0.866. The zero-order chi connectivity index (χ0) is 13.2. The first kappa shape index (κ1) is 13.3. The van der Waals surface area contributed by atoms with Crippen molar-refractivity contribution in [3.63, 3.8) is 0 Å². The molecule has 0 amide bonds. The lowest BCUT2D eigenvalue weighted by Gasteiger charge is -2.32. The fraction of sp³-hybridized carbons (Fsp3) is 0.643. The van der Waals surface area contributed by atoms with E-state index >= 15 is 0 Å². The molecule has 0 spiro atoms. The topological polar surface area (TPSA) is 45.6 Å². The van der Waals surface area contributed by atoms with E-state index in [-0.39, 0.29) is 5.92 Å². The Kier molecular flexibility index (Phi) is 3.88. The third-order valence-electron chi connectivity index (χ3n) is 3.53. The lowest BCUT2D eigenvalue weighted by Crippen LogP contribution is -2.41. The predicted molar refractivity (Wildman–Crippen MR) is 71.8 cm³/mol. The molecule has 1 aromatic heterocycles. The third kappa shape index (κ3) is 3.21. The number of ether oxygens (including phenoxy) is 1. The number of hydrogen-bond acceptors (Lipinski definition) is 4. The minimum Gasteiger partial charge on any atom is -0.390 e. The number of pyridine rings is 1. The van der Waals surface area contributed by atoms with Crippen LogP contribution in [0.2, 0.25) is 0 Å². The van der Waals surface area contributed by atoms with Crippen molar-refractivity contribution >= 4 is 5.69 Å². The van der Waals surface area contributed by atoms with Crippen LogP contribution in [0, 0.1) is 12.8 Å². The van der Waals surface area contributed by atoms with Gasteiger partial charge < -0.3 is 14.7 Å². The lowest BCUT2D eigenvalue weighted by molar-refractivity contribution is -0.0158. The molecule has 1 atom stereocenters. The number of aromatic nitrogens is 1. The van der Waals surface area contributed by atoms with E-state index in [1.165, 1.54) is 0 Å². The van der Waals surface area contributed by atoms with Crippen LogP contribution < -0.4 is 4.90 Å². The number of aryl methyl sites for hydroxylation is 1. The van der Waals surface area contributed by atoms with Crippen LogP contribution in [0.4, 0.5) is 5.69 Å². The molecule has 1 N–H and O–H groups in total. The summed E-state index contributed by atoms with van der Waals surface area (Å²) in [5.41, 5.74) is 1.39. The molecule has 2 heterocycles. The maximum absolute atomic E-state index is 10.2. The van der Waals surface area contributed by atoms with E-state index in [0.29, 0.717) is 13.2 Å². The molecule has 4 nitrogen and oxygen atoms in total. The first-order chi connectivity index (χ1) is 8.47. The Labute approximate surface area is 109 Å². The van der Waals surface area contributed by atoms with Crippen LogP contribution >= 0.6 is 0 Å². The molecule has 1 fully saturated rings. The van der Waals surface area contributed by atoms with Gasteiger partial charge in [0.15, 0.2) is 0 Å². The van der Waals surface area contributed by atoms with E-state index in [2.05, 4.69) is 16.0 Å². The second-order valence-electron chi connectivity index (χ2n) is 5.53. The molecule has 1 aliphatic heterocycles. The number of hydrogen-bond donors (Lipinski definition) is 1. The van der Waals surface area contributed by atoms with E-state index in [9.17, 15) is 5.11 Å². The molecule has 4 heteroatoms. The van der Waals surface area contributed by atoms with Crippen LogP contribution in [0.1, 0.15) is 19.5 Å². The molecule has 1 saturated heterocycles. The molecule has 0 aliphatic carbocycles. The molecule has 100 valence electrons. The van der Waals surface area contributed by atoms with E-state index in [0.717, 1.165) is 24.5 Å². The standard InChI is InChI=1S/C14H22N2O2/c1-11-4-5-13(8-15-11)16-6-7-18-10-12(9-16)14(2,3)17/h4-5,8,12,17H,6-7,9-10H2,1-3H3/t12-/m0/s1. The summed E-state index contributed by atoms with van der Waals surface area (Å²) in [6.45, 7) is 8.62. The van der Waals surface area contributed by atoms with Crippen LogP contribution in [0.15, 0.2) is 18.3 Å². The molecular weight excluding hydrogens is 228 g/mol. The Morgan fingerprint density at radius 3 is 2.83 bits per heavy atom. The van der Waals surface area contributed by atoms with Gasteiger partial charge in [-0.25, -0.2) is 0 Å². The molecule has 0 radical (unpaired) electrons. The van der Waals surface area contributed by atoms with Gasteiger partial charge in [-0.2, -0.15) is 0 Å². The van der Waals surface area contributed by atoms with Crippen LogP contribution in [-0.4, -0.2) is 42.0 Å². The number of nitrogens with zero attached hydrogens (tertiary/aromatic N) is 2. The fourth-order valence-corrected chi connectivity index (χ4v) is 2.12. The van der Waals surface area contributed by atoms with Gasteiger partial charge in [-0.1, -0.05) is 0 Å². The molecule has 0 saturated carbocycles. The van der Waals surface area contributed by atoms with E-state index < -0.39 is 5.60 Å². The van der Waals surface area contributed by atoms with Gasteiger partial charge in [0.1, 0.15) is 0 Å². The summed E-state index contributed by atoms with van der Waals surface area (Å²) in [6.07, 6.45) is 1.89. The Hall–Kier alpha value is -1.13. The van der Waals surface area contributed by atoms with Crippen molar-refractivity contribution in [2.24, 2.45) is 5.92 Å². The average molecular weight is 250 g/mol. The van der Waals surface area contributed by atoms with Crippen molar-refractivity contribution in [1.29, 1.82) is 0 Å². The molecule has 2 rings (SSSR count). The minimum absolute atomic E-state index is 0.112. The third-order valence-corrected chi connectivity index (χ3v) is 3.53. The van der Waals surface area contributed by atoms with Crippen molar-refractivity contribution in [2.45, 2.75) is 26.4 Å². The SMILES string of the molecule is Cc1ccc(N2CCOC[C@@H](C(C)(C)O)C2)cn1. The van der Waals surface area contributed by atoms with Crippen molar-refractivity contribution < 1.29 is 9.84 Å². The molecular formula is C14H22N2O2. The van der Waals surface area contributed by atoms with Gasteiger partial charge in [0.05, 0.1) is 30.7 Å². The second-order valence-corrected chi connectivity index (χ2v) is 5.53. The highest BCUT2D eigenvalue weighted by atomic mass is 16.5. The summed E-state index contributed by atoms with van der Waals surface area (Å²) in [4.78, 5) is 6.57. The summed E-state index contributed by atoms with van der Waals surface area (Å²) >= 11 is 0. The van der Waals surface area contributed by atoms with E-state index in [1.807, 2.05) is 33.0 Å². The first-order valence-electron chi connectivity index (χ1n) is 6.44. The van der Waals surface area contributed by atoms with Gasteiger partial charge >= 0.3 is 0 Å². The molecule has 0 aromatic carbocycles. The molecule has 18 heavy (non-hydrogen) atoms. The smallest absolute Gasteiger partial charge is 0.0658 e. The molecule has 1 aromatic rings. The zero-order valence-electron chi connectivity index (χ0n) is 11.4. The second kappa shape index (κ2) is 5.24. The normalized spacial score (nSPS) is 21.8. The Morgan fingerprint density at radius 1 is 1.44 bits per heavy atom. The molecule has 1 aliphatic rings. The first-order valence-corrected chi connectivity index (χ1v) is 6.44. The largest absolute Gasteiger partial charge is 0.390 e. The minimum atomic E-state index is -0.722. The number of aliphatic hydroxyl groups is 1. The summed E-state index contributed by atoms with van der Waals surface area (Å²) in [6, 6.07) is 4.09. The monoisotopic (exact) mass is 250 g/mol. The maximum Gasteiger partial charge on any atom is 0.0658 e. The van der Waals surface area contributed by atoms with Crippen molar-refractivity contribution in [3.05, 3.63) is 24.0 Å². The van der Waals surface area contributed by atoms with Crippen LogP contribution in [-0.2, 0) is 4.74 Å². The molecule has 0 bridgehead atoms. The Balaban J connectivity index is 2.14. The van der Waals surface area contributed by atoms with E-state index in [1.54, 1.807) is 0 Å². The number of rotatable bonds is 2. The molecule has 0 unspecified atom stereocenters. The maximum atomic E-state index is 10.2. The van der Waals surface area contributed by atoms with Gasteiger partial charge in [0, 0.05) is 24.7 Å². The highest BCUT2D eigenvalue weighted by Crippen LogP contribution is 2.23. The average Bonchev–Trinajstić information content (AvgIpc) is 2.55. The van der Waals surface area contributed by atoms with Gasteiger partial charge in [0.25, 0.3) is 0 Å². The summed E-state index contributed by atoms with van der Waals surface area (Å²) in [7, 11) is 0. The Morgan fingerprint density at radius 2 is 2.22 bits per heavy atom. The van der Waals surface area contributed by atoms with Gasteiger partial charge in [0.2, 0.25) is 0 Å². The number of anilines is 1. The van der Waals surface area contributed by atoms with Crippen molar-refractivity contribution in [1.82, 2.24) is 4.98 Å². The van der Waals surface area contributed by atoms with Gasteiger partial charge in [-0.15, -0.1) is 0 Å². The van der Waals surface area contributed by atoms with Gasteiger partial charge in [-0.05, 0) is 32.9 Å².